The fourth-order valence-electron chi connectivity index (χ4n) is 1.19. The Hall–Kier alpha value is -0.810. The molecule has 0 heterocycles. The highest BCUT2D eigenvalue weighted by Gasteiger charge is 2.16. The quantitative estimate of drug-likeness (QED) is 0.390. The Morgan fingerprint density at radius 2 is 1.94 bits per heavy atom. The molecule has 0 radical (unpaired) electrons. The Kier molecular flexibility index (Phi) is 7.91. The van der Waals surface area contributed by atoms with Gasteiger partial charge in [-0.25, -0.2) is 0 Å². The van der Waals surface area contributed by atoms with E-state index in [1.807, 2.05) is 13.8 Å². The second-order valence-electron chi connectivity index (χ2n) is 4.97. The lowest BCUT2D eigenvalue weighted by Crippen LogP contribution is -2.45. The van der Waals surface area contributed by atoms with Gasteiger partial charge in [-0.2, -0.15) is 0 Å². The minimum Gasteiger partial charge on any atom is -0.377 e. The molecule has 0 saturated heterocycles. The van der Waals surface area contributed by atoms with E-state index < -0.39 is 0 Å². The van der Waals surface area contributed by atoms with E-state index in [0.29, 0.717) is 0 Å². The first kappa shape index (κ1) is 16.2. The lowest BCUT2D eigenvalue weighted by Gasteiger charge is -2.24. The minimum atomic E-state index is -0.179. The highest BCUT2D eigenvalue weighted by atomic mass is 16.5. The van der Waals surface area contributed by atoms with Gasteiger partial charge in [-0.15, -0.1) is 0 Å². The normalized spacial score (nSPS) is 13.0. The molecular weight excluding hydrogens is 216 g/mol. The molecule has 0 amide bonds. The summed E-state index contributed by atoms with van der Waals surface area (Å²) in [5, 5.41) is 6.53. The first-order valence-electron chi connectivity index (χ1n) is 6.05. The van der Waals surface area contributed by atoms with Gasteiger partial charge in [-0.3, -0.25) is 4.99 Å². The fourth-order valence-corrected chi connectivity index (χ4v) is 1.19. The van der Waals surface area contributed by atoms with E-state index in [2.05, 4.69) is 34.6 Å². The highest BCUT2D eigenvalue weighted by molar-refractivity contribution is 5.79. The lowest BCUT2D eigenvalue weighted by atomic mass is 10.1. The van der Waals surface area contributed by atoms with E-state index in [1.165, 1.54) is 0 Å². The average Bonchev–Trinajstić information content (AvgIpc) is 2.28. The molecule has 0 aromatic heterocycles. The summed E-state index contributed by atoms with van der Waals surface area (Å²) < 4.78 is 5.34. The van der Waals surface area contributed by atoms with Crippen LogP contribution in [0.15, 0.2) is 4.99 Å². The van der Waals surface area contributed by atoms with Crippen molar-refractivity contribution in [2.75, 3.05) is 47.9 Å². The second-order valence-corrected chi connectivity index (χ2v) is 4.97. The minimum absolute atomic E-state index is 0.179. The number of nitrogens with one attached hydrogen (secondary N) is 2. The summed E-state index contributed by atoms with van der Waals surface area (Å²) in [4.78, 5) is 6.34. The summed E-state index contributed by atoms with van der Waals surface area (Å²) >= 11 is 0. The molecule has 0 spiro atoms. The number of hydrogen-bond donors (Lipinski definition) is 2. The zero-order valence-corrected chi connectivity index (χ0v) is 12.1. The Labute approximate surface area is 106 Å². The van der Waals surface area contributed by atoms with Crippen LogP contribution in [0.2, 0.25) is 0 Å². The molecule has 0 atom stereocenters. The Bertz CT molecular complexity index is 227. The summed E-state index contributed by atoms with van der Waals surface area (Å²) in [6.07, 6.45) is 1.10. The maximum atomic E-state index is 5.34. The maximum Gasteiger partial charge on any atom is 0.191 e. The van der Waals surface area contributed by atoms with E-state index in [9.17, 15) is 0 Å². The zero-order valence-electron chi connectivity index (χ0n) is 12.1. The van der Waals surface area contributed by atoms with Crippen LogP contribution in [-0.4, -0.2) is 64.3 Å². The maximum absolute atomic E-state index is 5.34. The number of nitrogens with zero attached hydrogens (tertiary/aromatic N) is 2. The topological polar surface area (TPSA) is 48.9 Å². The number of methoxy groups -OCH3 is 1. The number of ether oxygens (including phenoxy) is 1. The van der Waals surface area contributed by atoms with Crippen molar-refractivity contribution >= 4 is 5.96 Å². The van der Waals surface area contributed by atoms with Crippen LogP contribution in [0.5, 0.6) is 0 Å². The molecule has 17 heavy (non-hydrogen) atoms. The number of hydrogen-bond acceptors (Lipinski definition) is 3. The number of rotatable bonds is 7. The van der Waals surface area contributed by atoms with Crippen molar-refractivity contribution in [3.8, 4) is 0 Å². The largest absolute Gasteiger partial charge is 0.377 e. The Balaban J connectivity index is 3.79. The van der Waals surface area contributed by atoms with E-state index in [-0.39, 0.29) is 5.60 Å². The van der Waals surface area contributed by atoms with Gasteiger partial charge in [0.1, 0.15) is 0 Å². The van der Waals surface area contributed by atoms with Gasteiger partial charge in [0, 0.05) is 27.2 Å². The van der Waals surface area contributed by atoms with Crippen molar-refractivity contribution in [3.63, 3.8) is 0 Å². The third-order valence-electron chi connectivity index (χ3n) is 2.53. The van der Waals surface area contributed by atoms with Crippen LogP contribution >= 0.6 is 0 Å². The first-order valence-corrected chi connectivity index (χ1v) is 6.05. The fraction of sp³-hybridized carbons (Fsp3) is 0.917. The molecule has 0 aliphatic heterocycles. The standard InChI is InChI=1S/C12H28N4O/c1-12(2,17-6)10-15-11(13-3)14-8-7-9-16(4)5/h7-10H2,1-6H3,(H2,13,14,15). The van der Waals surface area contributed by atoms with Crippen LogP contribution < -0.4 is 10.6 Å². The third kappa shape index (κ3) is 8.94. The molecule has 0 unspecified atom stereocenters. The van der Waals surface area contributed by atoms with Gasteiger partial charge in [-0.1, -0.05) is 0 Å². The van der Waals surface area contributed by atoms with Crippen molar-refractivity contribution in [2.24, 2.45) is 4.99 Å². The predicted molar refractivity (Wildman–Crippen MR) is 73.6 cm³/mol. The molecule has 0 aliphatic rings. The Morgan fingerprint density at radius 3 is 2.41 bits per heavy atom. The Morgan fingerprint density at radius 1 is 1.29 bits per heavy atom. The molecule has 5 heteroatoms. The number of guanidine groups is 1. The van der Waals surface area contributed by atoms with Crippen molar-refractivity contribution < 1.29 is 4.74 Å². The molecule has 5 nitrogen and oxygen atoms in total. The van der Waals surface area contributed by atoms with E-state index >= 15 is 0 Å². The van der Waals surface area contributed by atoms with Gasteiger partial charge >= 0.3 is 0 Å². The van der Waals surface area contributed by atoms with Crippen LogP contribution in [0.3, 0.4) is 0 Å². The first-order chi connectivity index (χ1) is 7.91. The predicted octanol–water partition coefficient (Wildman–Crippen LogP) is 0.528. The van der Waals surface area contributed by atoms with Crippen LogP contribution in [0, 0.1) is 0 Å². The van der Waals surface area contributed by atoms with E-state index in [4.69, 9.17) is 4.74 Å². The van der Waals surface area contributed by atoms with Crippen LogP contribution in [-0.2, 0) is 4.74 Å². The summed E-state index contributed by atoms with van der Waals surface area (Å²) in [7, 11) is 7.65. The molecule has 2 N–H and O–H groups in total. The van der Waals surface area contributed by atoms with Crippen LogP contribution in [0.25, 0.3) is 0 Å². The van der Waals surface area contributed by atoms with Gasteiger partial charge in [-0.05, 0) is 40.9 Å². The molecule has 0 aromatic rings. The average molecular weight is 244 g/mol. The monoisotopic (exact) mass is 244 g/mol. The van der Waals surface area contributed by atoms with Crippen molar-refractivity contribution in [1.82, 2.24) is 15.5 Å². The highest BCUT2D eigenvalue weighted by Crippen LogP contribution is 2.04. The zero-order chi connectivity index (χ0) is 13.3. The van der Waals surface area contributed by atoms with Gasteiger partial charge < -0.3 is 20.3 Å². The van der Waals surface area contributed by atoms with Crippen LogP contribution in [0.1, 0.15) is 20.3 Å². The van der Waals surface area contributed by atoms with Gasteiger partial charge in [0.25, 0.3) is 0 Å². The van der Waals surface area contributed by atoms with Gasteiger partial charge in [0.05, 0.1) is 5.60 Å². The second kappa shape index (κ2) is 8.31. The molecule has 0 bridgehead atoms. The van der Waals surface area contributed by atoms with Crippen molar-refractivity contribution in [1.29, 1.82) is 0 Å². The SMILES string of the molecule is CN=C(NCCCN(C)C)NCC(C)(C)OC. The molecule has 0 aromatic carbocycles. The summed E-state index contributed by atoms with van der Waals surface area (Å²) in [5.41, 5.74) is -0.179. The van der Waals surface area contributed by atoms with E-state index in [1.54, 1.807) is 14.2 Å². The molecule has 0 rings (SSSR count). The molecule has 0 aliphatic carbocycles. The summed E-state index contributed by atoms with van der Waals surface area (Å²) in [5.74, 6) is 0.828. The molecule has 102 valence electrons. The summed E-state index contributed by atoms with van der Waals surface area (Å²) in [6.45, 7) is 6.81. The van der Waals surface area contributed by atoms with E-state index in [0.717, 1.165) is 32.0 Å². The van der Waals surface area contributed by atoms with Gasteiger partial charge in [0.2, 0.25) is 0 Å². The van der Waals surface area contributed by atoms with Crippen LogP contribution in [0.4, 0.5) is 0 Å². The van der Waals surface area contributed by atoms with Gasteiger partial charge in [0.15, 0.2) is 5.96 Å². The molecule has 0 saturated carbocycles. The molecular formula is C12H28N4O. The lowest BCUT2D eigenvalue weighted by molar-refractivity contribution is 0.0268. The molecule has 0 fully saturated rings. The van der Waals surface area contributed by atoms with Crippen molar-refractivity contribution in [2.45, 2.75) is 25.9 Å². The summed E-state index contributed by atoms with van der Waals surface area (Å²) in [6, 6.07) is 0. The third-order valence-corrected chi connectivity index (χ3v) is 2.53. The number of aliphatic imine (C=N–C) groups is 1. The van der Waals surface area contributed by atoms with Crippen molar-refractivity contribution in [3.05, 3.63) is 0 Å². The smallest absolute Gasteiger partial charge is 0.191 e.